The van der Waals surface area contributed by atoms with Gasteiger partial charge in [0.15, 0.2) is 0 Å². The lowest BCUT2D eigenvalue weighted by Gasteiger charge is -2.28. The summed E-state index contributed by atoms with van der Waals surface area (Å²) < 4.78 is 61.9. The first kappa shape index (κ1) is 27.6. The van der Waals surface area contributed by atoms with Crippen LogP contribution in [0.1, 0.15) is 62.0 Å². The molecule has 1 saturated heterocycles. The minimum atomic E-state index is -5.58. The van der Waals surface area contributed by atoms with Gasteiger partial charge >= 0.3 is 11.5 Å². The number of alkyl halides is 3. The van der Waals surface area contributed by atoms with Crippen molar-refractivity contribution in [2.24, 2.45) is 0 Å². The number of carbonyl (C=O) groups is 3. The van der Waals surface area contributed by atoms with Gasteiger partial charge in [0.2, 0.25) is 0 Å². The molecular weight excluding hydrogens is 525 g/mol. The number of sulfone groups is 1. The van der Waals surface area contributed by atoms with E-state index in [0.29, 0.717) is 17.7 Å². The second-order valence-corrected chi connectivity index (χ2v) is 11.8. The van der Waals surface area contributed by atoms with Gasteiger partial charge in [-0.25, -0.2) is 18.1 Å². The molecule has 0 unspecified atom stereocenters. The highest BCUT2D eigenvalue weighted by Gasteiger charge is 2.52. The fourth-order valence-corrected chi connectivity index (χ4v) is 5.38. The molecule has 4 amide bonds. The van der Waals surface area contributed by atoms with Crippen molar-refractivity contribution in [3.8, 4) is 0 Å². The van der Waals surface area contributed by atoms with Gasteiger partial charge < -0.3 is 10.2 Å². The molecule has 0 radical (unpaired) electrons. The molecular formula is C25H27F3N4O5S. The lowest BCUT2D eigenvalue weighted by Crippen LogP contribution is -2.43. The average molecular weight is 553 g/mol. The van der Waals surface area contributed by atoms with Gasteiger partial charge in [0, 0.05) is 18.8 Å². The molecule has 2 heterocycles. The van der Waals surface area contributed by atoms with Crippen molar-refractivity contribution in [3.63, 3.8) is 0 Å². The summed E-state index contributed by atoms with van der Waals surface area (Å²) in [6.45, 7) is 3.00. The molecule has 1 N–H and O–H groups in total. The summed E-state index contributed by atoms with van der Waals surface area (Å²) in [5.41, 5.74) is -6.15. The van der Waals surface area contributed by atoms with Crippen LogP contribution in [-0.2, 0) is 21.2 Å². The molecule has 9 nitrogen and oxygen atoms in total. The van der Waals surface area contributed by atoms with E-state index >= 15 is 0 Å². The van der Waals surface area contributed by atoms with Gasteiger partial charge in [-0.05, 0) is 68.7 Å². The fourth-order valence-electron chi connectivity index (χ4n) is 4.62. The number of nitrogens with one attached hydrogen (secondary N) is 1. The molecule has 1 aromatic carbocycles. The van der Waals surface area contributed by atoms with Crippen LogP contribution >= 0.6 is 0 Å². The number of amides is 4. The Kier molecular flexibility index (Phi) is 7.26. The Bertz CT molecular complexity index is 1350. The zero-order valence-electron chi connectivity index (χ0n) is 20.8. The van der Waals surface area contributed by atoms with E-state index in [0.717, 1.165) is 49.1 Å². The van der Waals surface area contributed by atoms with E-state index in [1.807, 2.05) is 0 Å². The maximum atomic E-state index is 13.3. The summed E-state index contributed by atoms with van der Waals surface area (Å²) in [6.07, 6.45) is 6.50. The van der Waals surface area contributed by atoms with E-state index in [-0.39, 0.29) is 29.9 Å². The molecule has 1 aliphatic carbocycles. The van der Waals surface area contributed by atoms with Gasteiger partial charge in [-0.1, -0.05) is 19.3 Å². The van der Waals surface area contributed by atoms with Crippen LogP contribution in [0, 0.1) is 0 Å². The van der Waals surface area contributed by atoms with Gasteiger partial charge in [-0.3, -0.25) is 14.6 Å². The van der Waals surface area contributed by atoms with Gasteiger partial charge in [0.05, 0.1) is 10.6 Å². The van der Waals surface area contributed by atoms with Gasteiger partial charge in [0.25, 0.3) is 21.7 Å². The largest absolute Gasteiger partial charge is 0.501 e. The van der Waals surface area contributed by atoms with Crippen LogP contribution in [-0.4, -0.2) is 53.2 Å². The molecule has 1 aromatic heterocycles. The third-order valence-corrected chi connectivity index (χ3v) is 8.37. The summed E-state index contributed by atoms with van der Waals surface area (Å²) in [5, 5.41) is 2.98. The number of pyridine rings is 1. The molecule has 4 rings (SSSR count). The second-order valence-electron chi connectivity index (χ2n) is 9.87. The highest BCUT2D eigenvalue weighted by molar-refractivity contribution is 7.92. The van der Waals surface area contributed by atoms with Crippen molar-refractivity contribution >= 4 is 33.4 Å². The molecule has 1 saturated carbocycles. The van der Waals surface area contributed by atoms with E-state index in [1.54, 1.807) is 12.1 Å². The Morgan fingerprint density at radius 2 is 1.71 bits per heavy atom. The third kappa shape index (κ3) is 5.11. The Balaban J connectivity index is 1.53. The molecule has 2 aromatic rings. The standard InChI is InChI=1S/C25H27F3N4O5S/c1-24(2)22(34)32(18-8-10-19(11-9-18)38(36,37)25(26,27)28)23(35)31(24)15-16-12-13-29-20(14-16)21(33)30-17-6-4-3-5-7-17/h8-14,17H,3-7,15H2,1-2H3,(H,30,33). The first-order valence-electron chi connectivity index (χ1n) is 12.1. The van der Waals surface area contributed by atoms with Crippen LogP contribution in [0.25, 0.3) is 0 Å². The molecule has 0 bridgehead atoms. The van der Waals surface area contributed by atoms with Crippen LogP contribution in [0.4, 0.5) is 23.7 Å². The van der Waals surface area contributed by atoms with Crippen molar-refractivity contribution in [2.45, 2.75) is 74.5 Å². The monoisotopic (exact) mass is 552 g/mol. The summed E-state index contributed by atoms with van der Waals surface area (Å²) >= 11 is 0. The Labute approximate surface area is 217 Å². The third-order valence-electron chi connectivity index (χ3n) is 6.87. The van der Waals surface area contributed by atoms with Crippen LogP contribution in [0.3, 0.4) is 0 Å². The lowest BCUT2D eigenvalue weighted by atomic mass is 9.95. The Morgan fingerprint density at radius 3 is 2.32 bits per heavy atom. The highest BCUT2D eigenvalue weighted by Crippen LogP contribution is 2.35. The number of urea groups is 1. The molecule has 0 atom stereocenters. The van der Waals surface area contributed by atoms with Gasteiger partial charge in [0.1, 0.15) is 11.2 Å². The van der Waals surface area contributed by atoms with E-state index in [4.69, 9.17) is 0 Å². The maximum Gasteiger partial charge on any atom is 0.501 e. The topological polar surface area (TPSA) is 117 Å². The number of nitrogens with zero attached hydrogens (tertiary/aromatic N) is 3. The predicted molar refractivity (Wildman–Crippen MR) is 131 cm³/mol. The number of rotatable bonds is 6. The average Bonchev–Trinajstić information content (AvgIpc) is 3.03. The molecule has 1 aliphatic heterocycles. The van der Waals surface area contributed by atoms with Crippen molar-refractivity contribution in [2.75, 3.05) is 4.90 Å². The Morgan fingerprint density at radius 1 is 1.08 bits per heavy atom. The zero-order valence-corrected chi connectivity index (χ0v) is 21.6. The number of imide groups is 1. The molecule has 0 spiro atoms. The summed E-state index contributed by atoms with van der Waals surface area (Å²) in [5.74, 6) is -0.962. The maximum absolute atomic E-state index is 13.3. The van der Waals surface area contributed by atoms with Crippen LogP contribution in [0.5, 0.6) is 0 Å². The van der Waals surface area contributed by atoms with E-state index in [2.05, 4.69) is 10.3 Å². The first-order chi connectivity index (χ1) is 17.7. The van der Waals surface area contributed by atoms with Crippen molar-refractivity contribution in [1.29, 1.82) is 0 Å². The number of hydrogen-bond acceptors (Lipinski definition) is 6. The summed E-state index contributed by atoms with van der Waals surface area (Å²) in [4.78, 5) is 44.4. The van der Waals surface area contributed by atoms with Crippen LogP contribution < -0.4 is 10.2 Å². The summed E-state index contributed by atoms with van der Waals surface area (Å²) in [6, 6.07) is 5.88. The van der Waals surface area contributed by atoms with E-state index in [1.165, 1.54) is 24.9 Å². The normalized spacial score (nSPS) is 18.7. The second kappa shape index (κ2) is 10.0. The van der Waals surface area contributed by atoms with Crippen molar-refractivity contribution in [1.82, 2.24) is 15.2 Å². The number of halogens is 3. The summed E-state index contributed by atoms with van der Waals surface area (Å²) in [7, 11) is -5.58. The fraction of sp³-hybridized carbons (Fsp3) is 0.440. The molecule has 2 fully saturated rings. The van der Waals surface area contributed by atoms with Gasteiger partial charge in [-0.2, -0.15) is 13.2 Å². The number of aromatic nitrogens is 1. The van der Waals surface area contributed by atoms with E-state index < -0.39 is 37.7 Å². The first-order valence-corrected chi connectivity index (χ1v) is 13.5. The van der Waals surface area contributed by atoms with Crippen molar-refractivity contribution < 1.29 is 36.0 Å². The quantitative estimate of drug-likeness (QED) is 0.538. The van der Waals surface area contributed by atoms with Crippen molar-refractivity contribution in [3.05, 3.63) is 53.9 Å². The molecule has 204 valence electrons. The zero-order chi connectivity index (χ0) is 27.9. The van der Waals surface area contributed by atoms with E-state index in [9.17, 15) is 36.0 Å². The number of carbonyl (C=O) groups excluding carboxylic acids is 3. The van der Waals surface area contributed by atoms with Crippen LogP contribution in [0.2, 0.25) is 0 Å². The molecule has 13 heteroatoms. The smallest absolute Gasteiger partial charge is 0.348 e. The lowest BCUT2D eigenvalue weighted by molar-refractivity contribution is -0.123. The molecule has 38 heavy (non-hydrogen) atoms. The molecule has 2 aliphatic rings. The number of anilines is 1. The number of hydrogen-bond donors (Lipinski definition) is 1. The minimum Gasteiger partial charge on any atom is -0.348 e. The minimum absolute atomic E-state index is 0.0408. The van der Waals surface area contributed by atoms with Crippen LogP contribution in [0.15, 0.2) is 47.5 Å². The highest BCUT2D eigenvalue weighted by atomic mass is 32.2. The predicted octanol–water partition coefficient (Wildman–Crippen LogP) is 4.19. The number of benzene rings is 1. The SMILES string of the molecule is CC1(C)C(=O)N(c2ccc(S(=O)(=O)C(F)(F)F)cc2)C(=O)N1Cc1ccnc(C(=O)NC2CCCCC2)c1. The Hall–Kier alpha value is -3.48. The van der Waals surface area contributed by atoms with Gasteiger partial charge in [-0.15, -0.1) is 0 Å².